The molecule has 1 atom stereocenters. The number of hydrogen-bond donors (Lipinski definition) is 1. The molecule has 6 nitrogen and oxygen atoms in total. The van der Waals surface area contributed by atoms with Gasteiger partial charge in [-0.05, 0) is 43.8 Å². The van der Waals surface area contributed by atoms with Crippen LogP contribution in [0.15, 0.2) is 10.3 Å². The molecule has 1 N–H and O–H groups in total. The minimum atomic E-state index is -3.76. The standard InChI is InChI=1S/C13H20N2O4S2/c1-9-8-20-11(13(16)17)12(9)21(18,19)15(3)7-10-4-5-14(2)6-10/h8,10H,4-7H2,1-3H3,(H,16,17). The van der Waals surface area contributed by atoms with Crippen molar-refractivity contribution >= 4 is 27.3 Å². The third-order valence-corrected chi connectivity index (χ3v) is 7.01. The Morgan fingerprint density at radius 3 is 2.76 bits per heavy atom. The van der Waals surface area contributed by atoms with Gasteiger partial charge < -0.3 is 10.0 Å². The van der Waals surface area contributed by atoms with Gasteiger partial charge in [-0.1, -0.05) is 0 Å². The smallest absolute Gasteiger partial charge is 0.347 e. The maximum Gasteiger partial charge on any atom is 0.347 e. The molecule has 0 aliphatic carbocycles. The number of rotatable bonds is 5. The van der Waals surface area contributed by atoms with E-state index in [0.29, 0.717) is 18.0 Å². The second-order valence-corrected chi connectivity index (χ2v) is 8.45. The minimum Gasteiger partial charge on any atom is -0.477 e. The lowest BCUT2D eigenvalue weighted by Crippen LogP contribution is -2.33. The average molecular weight is 332 g/mol. The predicted molar refractivity (Wildman–Crippen MR) is 81.4 cm³/mol. The fraction of sp³-hybridized carbons (Fsp3) is 0.615. The molecular weight excluding hydrogens is 312 g/mol. The van der Waals surface area contributed by atoms with Gasteiger partial charge in [0.2, 0.25) is 10.0 Å². The number of hydrogen-bond acceptors (Lipinski definition) is 5. The Morgan fingerprint density at radius 1 is 1.57 bits per heavy atom. The summed E-state index contributed by atoms with van der Waals surface area (Å²) in [4.78, 5) is 13.2. The van der Waals surface area contributed by atoms with Crippen LogP contribution in [0, 0.1) is 12.8 Å². The maximum absolute atomic E-state index is 12.7. The Hall–Kier alpha value is -0.960. The highest BCUT2D eigenvalue weighted by Crippen LogP contribution is 2.30. The van der Waals surface area contributed by atoms with E-state index < -0.39 is 16.0 Å². The summed E-state index contributed by atoms with van der Waals surface area (Å²) in [5.74, 6) is -0.900. The van der Waals surface area contributed by atoms with Crippen LogP contribution in [-0.2, 0) is 10.0 Å². The Morgan fingerprint density at radius 2 is 2.24 bits per heavy atom. The number of aromatic carboxylic acids is 1. The van der Waals surface area contributed by atoms with E-state index in [-0.39, 0.29) is 9.77 Å². The third-order valence-electron chi connectivity index (χ3n) is 3.78. The number of carboxylic acids is 1. The van der Waals surface area contributed by atoms with Crippen LogP contribution in [0.4, 0.5) is 0 Å². The molecule has 0 radical (unpaired) electrons. The average Bonchev–Trinajstić information content (AvgIpc) is 2.95. The van der Waals surface area contributed by atoms with Crippen molar-refractivity contribution in [1.82, 2.24) is 9.21 Å². The van der Waals surface area contributed by atoms with E-state index >= 15 is 0 Å². The van der Waals surface area contributed by atoms with Gasteiger partial charge in [0.1, 0.15) is 9.77 Å². The van der Waals surface area contributed by atoms with Crippen molar-refractivity contribution in [2.75, 3.05) is 33.7 Å². The van der Waals surface area contributed by atoms with Crippen LogP contribution < -0.4 is 0 Å². The first-order valence-electron chi connectivity index (χ1n) is 6.69. The summed E-state index contributed by atoms with van der Waals surface area (Å²) >= 11 is 0.958. The molecule has 8 heteroatoms. The molecule has 0 aromatic carbocycles. The van der Waals surface area contributed by atoms with Gasteiger partial charge in [0.25, 0.3) is 0 Å². The highest BCUT2D eigenvalue weighted by Gasteiger charge is 2.32. The van der Waals surface area contributed by atoms with Gasteiger partial charge in [-0.3, -0.25) is 0 Å². The zero-order valence-corrected chi connectivity index (χ0v) is 14.0. The predicted octanol–water partition coefficient (Wildman–Crippen LogP) is 1.33. The number of nitrogens with zero attached hydrogens (tertiary/aromatic N) is 2. The molecule has 1 aromatic heterocycles. The molecule has 1 aromatic rings. The molecule has 0 bridgehead atoms. The van der Waals surface area contributed by atoms with E-state index in [4.69, 9.17) is 5.11 Å². The molecule has 0 saturated carbocycles. The van der Waals surface area contributed by atoms with Crippen molar-refractivity contribution < 1.29 is 18.3 Å². The molecule has 2 heterocycles. The van der Waals surface area contributed by atoms with E-state index in [1.54, 1.807) is 12.3 Å². The highest BCUT2D eigenvalue weighted by atomic mass is 32.2. The normalized spacial score (nSPS) is 20.3. The summed E-state index contributed by atoms with van der Waals surface area (Å²) in [6.07, 6.45) is 0.963. The summed E-state index contributed by atoms with van der Waals surface area (Å²) in [6, 6.07) is 0. The zero-order valence-electron chi connectivity index (χ0n) is 12.4. The van der Waals surface area contributed by atoms with Gasteiger partial charge in [0.05, 0.1) is 0 Å². The maximum atomic E-state index is 12.7. The monoisotopic (exact) mass is 332 g/mol. The molecule has 0 spiro atoms. The van der Waals surface area contributed by atoms with Crippen LogP contribution in [0.3, 0.4) is 0 Å². The van der Waals surface area contributed by atoms with E-state index in [2.05, 4.69) is 4.90 Å². The summed E-state index contributed by atoms with van der Waals surface area (Å²) in [5.41, 5.74) is 0.493. The molecule has 2 rings (SSSR count). The topological polar surface area (TPSA) is 77.9 Å². The molecule has 1 aliphatic heterocycles. The van der Waals surface area contributed by atoms with Crippen LogP contribution >= 0.6 is 11.3 Å². The van der Waals surface area contributed by atoms with Crippen molar-refractivity contribution in [3.8, 4) is 0 Å². The van der Waals surface area contributed by atoms with Crippen molar-refractivity contribution in [2.45, 2.75) is 18.2 Å². The lowest BCUT2D eigenvalue weighted by Gasteiger charge is -2.21. The number of thiophene rings is 1. The summed E-state index contributed by atoms with van der Waals surface area (Å²) in [5, 5.41) is 10.7. The molecule has 21 heavy (non-hydrogen) atoms. The van der Waals surface area contributed by atoms with Crippen LogP contribution in [0.25, 0.3) is 0 Å². The van der Waals surface area contributed by atoms with Crippen molar-refractivity contribution in [1.29, 1.82) is 0 Å². The summed E-state index contributed by atoms with van der Waals surface area (Å²) in [6.45, 7) is 3.89. The van der Waals surface area contributed by atoms with Crippen molar-refractivity contribution in [3.63, 3.8) is 0 Å². The van der Waals surface area contributed by atoms with E-state index in [9.17, 15) is 13.2 Å². The van der Waals surface area contributed by atoms with Gasteiger partial charge in [-0.25, -0.2) is 17.5 Å². The summed E-state index contributed by atoms with van der Waals surface area (Å²) < 4.78 is 26.6. The van der Waals surface area contributed by atoms with Crippen LogP contribution in [0.2, 0.25) is 0 Å². The van der Waals surface area contributed by atoms with E-state index in [1.165, 1.54) is 11.4 Å². The van der Waals surface area contributed by atoms with E-state index in [1.807, 2.05) is 7.05 Å². The number of sulfonamides is 1. The highest BCUT2D eigenvalue weighted by molar-refractivity contribution is 7.89. The molecule has 1 aliphatic rings. The minimum absolute atomic E-state index is 0.0612. The Kier molecular flexibility index (Phi) is 4.72. The van der Waals surface area contributed by atoms with E-state index in [0.717, 1.165) is 30.8 Å². The lowest BCUT2D eigenvalue weighted by atomic mass is 10.1. The molecule has 1 unspecified atom stereocenters. The fourth-order valence-corrected chi connectivity index (χ4v) is 5.52. The number of carboxylic acid groups (broad SMARTS) is 1. The largest absolute Gasteiger partial charge is 0.477 e. The Balaban J connectivity index is 2.25. The van der Waals surface area contributed by atoms with Crippen LogP contribution in [0.5, 0.6) is 0 Å². The SMILES string of the molecule is Cc1csc(C(=O)O)c1S(=O)(=O)N(C)CC1CCN(C)C1. The van der Waals surface area contributed by atoms with Crippen LogP contribution in [-0.4, -0.2) is 62.4 Å². The van der Waals surface area contributed by atoms with Crippen LogP contribution in [0.1, 0.15) is 21.7 Å². The first kappa shape index (κ1) is 16.4. The number of aryl methyl sites for hydroxylation is 1. The second kappa shape index (κ2) is 6.04. The van der Waals surface area contributed by atoms with Gasteiger partial charge in [0, 0.05) is 20.1 Å². The quantitative estimate of drug-likeness (QED) is 0.880. The van der Waals surface area contributed by atoms with Gasteiger partial charge >= 0.3 is 5.97 Å². The van der Waals surface area contributed by atoms with Gasteiger partial charge in [-0.2, -0.15) is 0 Å². The second-order valence-electron chi connectivity index (χ2n) is 5.58. The molecule has 1 saturated heterocycles. The first-order valence-corrected chi connectivity index (χ1v) is 9.01. The number of likely N-dealkylation sites (tertiary alicyclic amines) is 1. The Bertz CT molecular complexity index is 639. The fourth-order valence-electron chi connectivity index (χ4n) is 2.69. The van der Waals surface area contributed by atoms with Crippen molar-refractivity contribution in [2.24, 2.45) is 5.92 Å². The molecule has 118 valence electrons. The third kappa shape index (κ3) is 3.28. The van der Waals surface area contributed by atoms with Gasteiger partial charge in [0.15, 0.2) is 0 Å². The van der Waals surface area contributed by atoms with Crippen molar-refractivity contribution in [3.05, 3.63) is 15.8 Å². The zero-order chi connectivity index (χ0) is 15.8. The molecule has 1 fully saturated rings. The number of carbonyl (C=O) groups is 1. The molecular formula is C13H20N2O4S2. The summed E-state index contributed by atoms with van der Waals surface area (Å²) in [7, 11) is -0.224. The molecule has 0 amide bonds. The van der Waals surface area contributed by atoms with Gasteiger partial charge in [-0.15, -0.1) is 11.3 Å². The Labute approximate surface area is 129 Å². The first-order chi connectivity index (χ1) is 9.73. The lowest BCUT2D eigenvalue weighted by molar-refractivity contribution is 0.0698.